The number of nitrogens with zero attached hydrogens (tertiary/aromatic N) is 1. The SMILES string of the molecule is c1ccc(-c2ccc(-c3c4ccccc4c(-c4ccc(-c5ccc6c(c5)oc5cc7cnccc7cc56)c5ccccc45)c4ccccc34)cc2)cc1. The van der Waals surface area contributed by atoms with E-state index in [2.05, 4.69) is 181 Å². The molecule has 0 aliphatic rings. The molecule has 0 aliphatic heterocycles. The smallest absolute Gasteiger partial charge is 0.136 e. The normalized spacial score (nSPS) is 11.8. The van der Waals surface area contributed by atoms with Gasteiger partial charge in [-0.2, -0.15) is 0 Å². The largest absolute Gasteiger partial charge is 0.456 e. The van der Waals surface area contributed by atoms with Crippen molar-refractivity contribution in [3.63, 3.8) is 0 Å². The Kier molecular flexibility index (Phi) is 6.59. The third kappa shape index (κ3) is 4.70. The lowest BCUT2D eigenvalue weighted by molar-refractivity contribution is 0.669. The van der Waals surface area contributed by atoms with Crippen molar-refractivity contribution < 1.29 is 4.42 Å². The number of rotatable bonds is 4. The number of pyridine rings is 1. The van der Waals surface area contributed by atoms with Crippen molar-refractivity contribution in [1.82, 2.24) is 4.98 Å². The van der Waals surface area contributed by atoms with Crippen LogP contribution in [0.1, 0.15) is 0 Å². The van der Waals surface area contributed by atoms with Gasteiger partial charge in [0.2, 0.25) is 0 Å². The number of furan rings is 1. The standard InChI is InChI=1S/C51H31NO/c1-2-10-32(11-3-1)33-18-20-34(21-19-33)50-42-14-6-8-16-44(42)51(45-17-9-7-15-43(45)50)46-25-24-38(39-12-4-5-13-40(39)46)36-22-23-41-47-28-35-26-27-52-31-37(35)30-49(47)53-48(41)29-36/h1-31H. The molecule has 0 radical (unpaired) electrons. The lowest BCUT2D eigenvalue weighted by Gasteiger charge is -2.20. The summed E-state index contributed by atoms with van der Waals surface area (Å²) in [6, 6.07) is 63.9. The summed E-state index contributed by atoms with van der Waals surface area (Å²) in [4.78, 5) is 4.31. The lowest BCUT2D eigenvalue weighted by atomic mass is 9.83. The van der Waals surface area contributed by atoms with Gasteiger partial charge in [-0.3, -0.25) is 4.98 Å². The highest BCUT2D eigenvalue weighted by Crippen LogP contribution is 2.47. The van der Waals surface area contributed by atoms with E-state index in [1.165, 1.54) is 71.3 Å². The summed E-state index contributed by atoms with van der Waals surface area (Å²) in [6.45, 7) is 0. The minimum absolute atomic E-state index is 0.882. The number of hydrogen-bond acceptors (Lipinski definition) is 2. The second kappa shape index (κ2) is 11.8. The minimum Gasteiger partial charge on any atom is -0.456 e. The average molecular weight is 674 g/mol. The molecule has 0 saturated carbocycles. The molecule has 2 nitrogen and oxygen atoms in total. The van der Waals surface area contributed by atoms with E-state index in [1.54, 1.807) is 0 Å². The molecule has 246 valence electrons. The molecule has 9 aromatic carbocycles. The Morgan fingerprint density at radius 3 is 1.58 bits per heavy atom. The summed E-state index contributed by atoms with van der Waals surface area (Å²) in [5, 5.41) is 11.9. The van der Waals surface area contributed by atoms with Crippen LogP contribution in [0.2, 0.25) is 0 Å². The highest BCUT2D eigenvalue weighted by Gasteiger charge is 2.19. The predicted octanol–water partition coefficient (Wildman–Crippen LogP) is 14.3. The molecule has 2 heterocycles. The van der Waals surface area contributed by atoms with Gasteiger partial charge in [-0.25, -0.2) is 0 Å². The molecule has 53 heavy (non-hydrogen) atoms. The third-order valence-electron chi connectivity index (χ3n) is 10.9. The van der Waals surface area contributed by atoms with Crippen molar-refractivity contribution in [2.24, 2.45) is 0 Å². The summed E-state index contributed by atoms with van der Waals surface area (Å²) in [7, 11) is 0. The zero-order valence-electron chi connectivity index (χ0n) is 28.8. The fourth-order valence-corrected chi connectivity index (χ4v) is 8.48. The van der Waals surface area contributed by atoms with Crippen LogP contribution in [0.5, 0.6) is 0 Å². The topological polar surface area (TPSA) is 26.0 Å². The maximum absolute atomic E-state index is 6.47. The van der Waals surface area contributed by atoms with Gasteiger partial charge in [0.05, 0.1) is 0 Å². The molecular formula is C51H31NO. The molecule has 0 atom stereocenters. The molecule has 0 spiro atoms. The van der Waals surface area contributed by atoms with Gasteiger partial charge in [0, 0.05) is 28.6 Å². The molecule has 2 aromatic heterocycles. The van der Waals surface area contributed by atoms with E-state index in [0.29, 0.717) is 0 Å². The van der Waals surface area contributed by atoms with Crippen molar-refractivity contribution in [3.8, 4) is 44.5 Å². The van der Waals surface area contributed by atoms with Gasteiger partial charge in [0.15, 0.2) is 0 Å². The maximum atomic E-state index is 6.47. The molecule has 0 bridgehead atoms. The number of aromatic nitrogens is 1. The monoisotopic (exact) mass is 673 g/mol. The van der Waals surface area contributed by atoms with Gasteiger partial charge in [-0.05, 0) is 113 Å². The zero-order valence-corrected chi connectivity index (χ0v) is 28.8. The Hall–Kier alpha value is -7.03. The first-order valence-corrected chi connectivity index (χ1v) is 18.1. The average Bonchev–Trinajstić information content (AvgIpc) is 3.58. The van der Waals surface area contributed by atoms with Crippen molar-refractivity contribution in [1.29, 1.82) is 0 Å². The zero-order chi connectivity index (χ0) is 34.9. The summed E-state index contributed by atoms with van der Waals surface area (Å²) >= 11 is 0. The fraction of sp³-hybridized carbons (Fsp3) is 0. The molecule has 0 N–H and O–H groups in total. The van der Waals surface area contributed by atoms with Gasteiger partial charge in [-0.1, -0.05) is 146 Å². The Morgan fingerprint density at radius 2 is 0.868 bits per heavy atom. The Labute approximate surface area is 306 Å². The molecule has 11 aromatic rings. The summed E-state index contributed by atoms with van der Waals surface area (Å²) in [5.41, 5.74) is 11.5. The highest BCUT2D eigenvalue weighted by molar-refractivity contribution is 6.24. The first-order valence-electron chi connectivity index (χ1n) is 18.1. The highest BCUT2D eigenvalue weighted by atomic mass is 16.3. The van der Waals surface area contributed by atoms with Crippen molar-refractivity contribution in [3.05, 3.63) is 188 Å². The summed E-state index contributed by atoms with van der Waals surface area (Å²) in [5.74, 6) is 0. The van der Waals surface area contributed by atoms with E-state index < -0.39 is 0 Å². The van der Waals surface area contributed by atoms with Gasteiger partial charge in [-0.15, -0.1) is 0 Å². The predicted molar refractivity (Wildman–Crippen MR) is 223 cm³/mol. The molecule has 11 rings (SSSR count). The van der Waals surface area contributed by atoms with Crippen LogP contribution in [0.15, 0.2) is 193 Å². The molecule has 2 heteroatoms. The number of benzene rings is 9. The van der Waals surface area contributed by atoms with Crippen LogP contribution in [0.25, 0.3) is 110 Å². The molecule has 0 amide bonds. The van der Waals surface area contributed by atoms with Crippen molar-refractivity contribution in [2.75, 3.05) is 0 Å². The molecule has 0 saturated heterocycles. The van der Waals surface area contributed by atoms with Crippen LogP contribution >= 0.6 is 0 Å². The summed E-state index contributed by atoms with van der Waals surface area (Å²) in [6.07, 6.45) is 3.73. The molecule has 0 fully saturated rings. The van der Waals surface area contributed by atoms with E-state index in [9.17, 15) is 0 Å². The van der Waals surface area contributed by atoms with Crippen LogP contribution in [0, 0.1) is 0 Å². The quantitative estimate of drug-likeness (QED) is 0.174. The minimum atomic E-state index is 0.882. The van der Waals surface area contributed by atoms with Crippen molar-refractivity contribution in [2.45, 2.75) is 0 Å². The second-order valence-corrected chi connectivity index (χ2v) is 13.9. The lowest BCUT2D eigenvalue weighted by Crippen LogP contribution is -1.92. The van der Waals surface area contributed by atoms with Gasteiger partial charge < -0.3 is 4.42 Å². The van der Waals surface area contributed by atoms with E-state index in [-0.39, 0.29) is 0 Å². The number of fused-ring (bicyclic) bond motifs is 7. The maximum Gasteiger partial charge on any atom is 0.136 e. The Morgan fingerprint density at radius 1 is 0.321 bits per heavy atom. The Bertz CT molecular complexity index is 3150. The van der Waals surface area contributed by atoms with E-state index in [4.69, 9.17) is 4.42 Å². The number of hydrogen-bond donors (Lipinski definition) is 0. The second-order valence-electron chi connectivity index (χ2n) is 13.9. The Balaban J connectivity index is 1.10. The summed E-state index contributed by atoms with van der Waals surface area (Å²) < 4.78 is 6.47. The van der Waals surface area contributed by atoms with Crippen LogP contribution in [-0.4, -0.2) is 4.98 Å². The first kappa shape index (κ1) is 29.7. The van der Waals surface area contributed by atoms with Crippen LogP contribution in [0.4, 0.5) is 0 Å². The molecular weight excluding hydrogens is 643 g/mol. The first-order chi connectivity index (χ1) is 26.3. The van der Waals surface area contributed by atoms with E-state index >= 15 is 0 Å². The molecule has 0 aliphatic carbocycles. The fourth-order valence-electron chi connectivity index (χ4n) is 8.48. The van der Waals surface area contributed by atoms with Gasteiger partial charge in [0.25, 0.3) is 0 Å². The third-order valence-corrected chi connectivity index (χ3v) is 10.9. The van der Waals surface area contributed by atoms with Crippen LogP contribution in [0.3, 0.4) is 0 Å². The van der Waals surface area contributed by atoms with E-state index in [0.717, 1.165) is 38.3 Å². The van der Waals surface area contributed by atoms with Crippen LogP contribution in [-0.2, 0) is 0 Å². The van der Waals surface area contributed by atoms with Crippen LogP contribution < -0.4 is 0 Å². The molecule has 0 unspecified atom stereocenters. The van der Waals surface area contributed by atoms with Gasteiger partial charge >= 0.3 is 0 Å². The van der Waals surface area contributed by atoms with Gasteiger partial charge in [0.1, 0.15) is 11.2 Å². The van der Waals surface area contributed by atoms with E-state index in [1.807, 2.05) is 12.4 Å². The van der Waals surface area contributed by atoms with Crippen molar-refractivity contribution >= 4 is 65.0 Å².